The summed E-state index contributed by atoms with van der Waals surface area (Å²) in [5.74, 6) is 0.400. The fraction of sp³-hybridized carbons (Fsp3) is 0.278. The van der Waals surface area contributed by atoms with Gasteiger partial charge in [-0.15, -0.1) is 0 Å². The van der Waals surface area contributed by atoms with Crippen LogP contribution in [0, 0.1) is 19.7 Å². The third-order valence-corrected chi connectivity index (χ3v) is 3.45. The van der Waals surface area contributed by atoms with Gasteiger partial charge in [0.05, 0.1) is 13.0 Å². The molecule has 0 spiro atoms. The maximum absolute atomic E-state index is 12.8. The Morgan fingerprint density at radius 2 is 1.82 bits per heavy atom. The summed E-state index contributed by atoms with van der Waals surface area (Å²) in [5.41, 5.74) is 3.19. The zero-order valence-electron chi connectivity index (χ0n) is 12.9. The molecule has 0 atom stereocenters. The molecular formula is C18H20FNO2. The Morgan fingerprint density at radius 1 is 1.09 bits per heavy atom. The van der Waals surface area contributed by atoms with Gasteiger partial charge in [-0.1, -0.05) is 18.2 Å². The number of aryl methyl sites for hydroxylation is 2. The van der Waals surface area contributed by atoms with E-state index in [1.807, 2.05) is 25.1 Å². The summed E-state index contributed by atoms with van der Waals surface area (Å²) in [5, 5.41) is 2.78. The van der Waals surface area contributed by atoms with Gasteiger partial charge in [0.1, 0.15) is 18.2 Å². The van der Waals surface area contributed by atoms with Gasteiger partial charge in [0.25, 0.3) is 0 Å². The topological polar surface area (TPSA) is 38.3 Å². The second-order valence-corrected chi connectivity index (χ2v) is 5.25. The average molecular weight is 301 g/mol. The van der Waals surface area contributed by atoms with E-state index in [4.69, 9.17) is 4.74 Å². The number of hydrogen-bond acceptors (Lipinski definition) is 2. The lowest BCUT2D eigenvalue weighted by Gasteiger charge is -2.09. The van der Waals surface area contributed by atoms with E-state index in [0.717, 1.165) is 11.3 Å². The van der Waals surface area contributed by atoms with Crippen LogP contribution in [-0.2, 0) is 11.2 Å². The second kappa shape index (κ2) is 7.59. The quantitative estimate of drug-likeness (QED) is 0.832. The number of nitrogens with one attached hydrogen (secondary N) is 1. The molecule has 0 heterocycles. The SMILES string of the molecule is Cc1ccc(OCCNC(=O)Cc2ccc(F)cc2)cc1C. The van der Waals surface area contributed by atoms with Crippen molar-refractivity contribution >= 4 is 5.91 Å². The van der Waals surface area contributed by atoms with Crippen LogP contribution in [0.15, 0.2) is 42.5 Å². The van der Waals surface area contributed by atoms with Crippen LogP contribution in [0.5, 0.6) is 5.75 Å². The van der Waals surface area contributed by atoms with Crippen molar-refractivity contribution in [3.8, 4) is 5.75 Å². The van der Waals surface area contributed by atoms with Crippen molar-refractivity contribution in [2.24, 2.45) is 0 Å². The Labute approximate surface area is 130 Å². The average Bonchev–Trinajstić information content (AvgIpc) is 2.49. The lowest BCUT2D eigenvalue weighted by Crippen LogP contribution is -2.29. The van der Waals surface area contributed by atoms with Gasteiger partial charge in [-0.25, -0.2) is 4.39 Å². The Hall–Kier alpha value is -2.36. The first kappa shape index (κ1) is 16.0. The molecule has 22 heavy (non-hydrogen) atoms. The van der Waals surface area contributed by atoms with Crippen LogP contribution in [0.3, 0.4) is 0 Å². The number of hydrogen-bond donors (Lipinski definition) is 1. The number of amides is 1. The van der Waals surface area contributed by atoms with Gasteiger partial charge in [0.15, 0.2) is 0 Å². The number of carbonyl (C=O) groups excluding carboxylic acids is 1. The highest BCUT2D eigenvalue weighted by Gasteiger charge is 2.03. The summed E-state index contributed by atoms with van der Waals surface area (Å²) in [4.78, 5) is 11.7. The Morgan fingerprint density at radius 3 is 2.50 bits per heavy atom. The summed E-state index contributed by atoms with van der Waals surface area (Å²) in [6, 6.07) is 11.8. The number of halogens is 1. The van der Waals surface area contributed by atoms with Gasteiger partial charge in [0.2, 0.25) is 5.91 Å². The van der Waals surface area contributed by atoms with Crippen LogP contribution >= 0.6 is 0 Å². The largest absolute Gasteiger partial charge is 0.492 e. The summed E-state index contributed by atoms with van der Waals surface area (Å²) in [6.07, 6.45) is 0.240. The molecule has 0 saturated carbocycles. The maximum Gasteiger partial charge on any atom is 0.224 e. The third kappa shape index (κ3) is 4.88. The normalized spacial score (nSPS) is 10.3. The van der Waals surface area contributed by atoms with E-state index in [1.54, 1.807) is 12.1 Å². The number of rotatable bonds is 6. The molecular weight excluding hydrogens is 281 g/mol. The Kier molecular flexibility index (Phi) is 5.53. The van der Waals surface area contributed by atoms with Gasteiger partial charge in [-0.2, -0.15) is 0 Å². The molecule has 0 aliphatic carbocycles. The van der Waals surface area contributed by atoms with E-state index in [1.165, 1.54) is 23.3 Å². The molecule has 0 aliphatic rings. The van der Waals surface area contributed by atoms with E-state index in [2.05, 4.69) is 12.2 Å². The molecule has 2 rings (SSSR count). The van der Waals surface area contributed by atoms with Gasteiger partial charge < -0.3 is 10.1 Å². The molecule has 3 nitrogen and oxygen atoms in total. The van der Waals surface area contributed by atoms with Crippen molar-refractivity contribution in [2.75, 3.05) is 13.2 Å². The Bertz CT molecular complexity index is 638. The van der Waals surface area contributed by atoms with E-state index >= 15 is 0 Å². The molecule has 0 unspecified atom stereocenters. The van der Waals surface area contributed by atoms with Gasteiger partial charge in [-0.3, -0.25) is 4.79 Å². The molecule has 2 aromatic carbocycles. The van der Waals surface area contributed by atoms with Gasteiger partial charge >= 0.3 is 0 Å². The molecule has 2 aromatic rings. The molecule has 0 radical (unpaired) electrons. The van der Waals surface area contributed by atoms with Crippen molar-refractivity contribution in [1.82, 2.24) is 5.32 Å². The molecule has 0 aliphatic heterocycles. The van der Waals surface area contributed by atoms with Crippen molar-refractivity contribution in [3.63, 3.8) is 0 Å². The zero-order chi connectivity index (χ0) is 15.9. The van der Waals surface area contributed by atoms with Crippen LogP contribution in [-0.4, -0.2) is 19.1 Å². The van der Waals surface area contributed by atoms with Gasteiger partial charge in [0, 0.05) is 0 Å². The highest BCUT2D eigenvalue weighted by molar-refractivity contribution is 5.78. The standard InChI is InChI=1S/C18H20FNO2/c1-13-3-8-17(11-14(13)2)22-10-9-20-18(21)12-15-4-6-16(19)7-5-15/h3-8,11H,9-10,12H2,1-2H3,(H,20,21). The highest BCUT2D eigenvalue weighted by atomic mass is 19.1. The molecule has 116 valence electrons. The minimum Gasteiger partial charge on any atom is -0.492 e. The smallest absolute Gasteiger partial charge is 0.224 e. The van der Waals surface area contributed by atoms with Gasteiger partial charge in [-0.05, 0) is 54.8 Å². The summed E-state index contributed by atoms with van der Waals surface area (Å²) in [6.45, 7) is 4.94. The predicted molar refractivity (Wildman–Crippen MR) is 84.5 cm³/mol. The Balaban J connectivity index is 1.70. The van der Waals surface area contributed by atoms with Crippen molar-refractivity contribution in [1.29, 1.82) is 0 Å². The first-order valence-electron chi connectivity index (χ1n) is 7.26. The fourth-order valence-electron chi connectivity index (χ4n) is 2.01. The first-order chi connectivity index (χ1) is 10.5. The van der Waals surface area contributed by atoms with Crippen LogP contribution < -0.4 is 10.1 Å². The second-order valence-electron chi connectivity index (χ2n) is 5.25. The van der Waals surface area contributed by atoms with Crippen molar-refractivity contribution < 1.29 is 13.9 Å². The highest BCUT2D eigenvalue weighted by Crippen LogP contribution is 2.16. The van der Waals surface area contributed by atoms with Crippen LogP contribution in [0.1, 0.15) is 16.7 Å². The van der Waals surface area contributed by atoms with Crippen LogP contribution in [0.4, 0.5) is 4.39 Å². The maximum atomic E-state index is 12.8. The number of carbonyl (C=O) groups is 1. The zero-order valence-corrected chi connectivity index (χ0v) is 12.9. The first-order valence-corrected chi connectivity index (χ1v) is 7.26. The lowest BCUT2D eigenvalue weighted by atomic mass is 10.1. The van der Waals surface area contributed by atoms with E-state index in [0.29, 0.717) is 13.2 Å². The molecule has 0 fully saturated rings. The van der Waals surface area contributed by atoms with E-state index in [9.17, 15) is 9.18 Å². The van der Waals surface area contributed by atoms with Crippen LogP contribution in [0.2, 0.25) is 0 Å². The lowest BCUT2D eigenvalue weighted by molar-refractivity contribution is -0.120. The van der Waals surface area contributed by atoms with Crippen molar-refractivity contribution in [2.45, 2.75) is 20.3 Å². The summed E-state index contributed by atoms with van der Waals surface area (Å²) < 4.78 is 18.4. The third-order valence-electron chi connectivity index (χ3n) is 3.45. The van der Waals surface area contributed by atoms with Crippen molar-refractivity contribution in [3.05, 3.63) is 65.0 Å². The molecule has 0 saturated heterocycles. The molecule has 0 aromatic heterocycles. The monoisotopic (exact) mass is 301 g/mol. The molecule has 1 amide bonds. The molecule has 1 N–H and O–H groups in total. The number of ether oxygens (including phenoxy) is 1. The molecule has 0 bridgehead atoms. The van der Waals surface area contributed by atoms with Crippen LogP contribution in [0.25, 0.3) is 0 Å². The minimum absolute atomic E-state index is 0.102. The molecule has 4 heteroatoms. The summed E-state index contributed by atoms with van der Waals surface area (Å²) in [7, 11) is 0. The van der Waals surface area contributed by atoms with E-state index in [-0.39, 0.29) is 18.1 Å². The predicted octanol–water partition coefficient (Wildman–Crippen LogP) is 3.18. The van der Waals surface area contributed by atoms with E-state index < -0.39 is 0 Å². The summed E-state index contributed by atoms with van der Waals surface area (Å²) >= 11 is 0. The number of benzene rings is 2. The minimum atomic E-state index is -0.300. The fourth-order valence-corrected chi connectivity index (χ4v) is 2.01.